The molecule has 3 N–H and O–H groups in total. The van der Waals surface area contributed by atoms with Crippen molar-refractivity contribution >= 4 is 21.4 Å². The summed E-state index contributed by atoms with van der Waals surface area (Å²) in [6.07, 6.45) is 2.50. The van der Waals surface area contributed by atoms with Crippen LogP contribution in [0.5, 0.6) is 0 Å². The number of nitrogen functional groups attached to an aromatic ring is 1. The van der Waals surface area contributed by atoms with E-state index in [9.17, 15) is 18.5 Å². The molecule has 1 aromatic rings. The summed E-state index contributed by atoms with van der Waals surface area (Å²) in [4.78, 5) is 9.76. The van der Waals surface area contributed by atoms with Crippen molar-refractivity contribution in [2.24, 2.45) is 0 Å². The van der Waals surface area contributed by atoms with Crippen molar-refractivity contribution in [1.82, 2.24) is 4.72 Å². The number of hydrogen-bond acceptors (Lipinski definition) is 6. The molecule has 1 fully saturated rings. The SMILES string of the molecule is Nc1ccc([N+](=O)[O-])c(S(=O)(=O)NCC2CCCCO2)c1. The molecule has 8 nitrogen and oxygen atoms in total. The van der Waals surface area contributed by atoms with Crippen molar-refractivity contribution in [3.8, 4) is 0 Å². The normalized spacial score (nSPS) is 19.3. The first-order valence-electron chi connectivity index (χ1n) is 6.55. The van der Waals surface area contributed by atoms with Crippen molar-refractivity contribution in [3.63, 3.8) is 0 Å². The van der Waals surface area contributed by atoms with E-state index in [0.29, 0.717) is 6.61 Å². The van der Waals surface area contributed by atoms with E-state index in [0.717, 1.165) is 31.4 Å². The molecule has 1 aliphatic heterocycles. The van der Waals surface area contributed by atoms with Crippen LogP contribution >= 0.6 is 0 Å². The van der Waals surface area contributed by atoms with Crippen LogP contribution in [0.4, 0.5) is 11.4 Å². The second kappa shape index (κ2) is 6.37. The first-order valence-corrected chi connectivity index (χ1v) is 8.03. The van der Waals surface area contributed by atoms with E-state index in [-0.39, 0.29) is 18.3 Å². The smallest absolute Gasteiger partial charge is 0.289 e. The minimum atomic E-state index is -4.01. The molecule has 0 saturated carbocycles. The number of sulfonamides is 1. The third kappa shape index (κ3) is 3.90. The van der Waals surface area contributed by atoms with Crippen LogP contribution < -0.4 is 10.5 Å². The first kappa shape index (κ1) is 15.7. The van der Waals surface area contributed by atoms with Crippen molar-refractivity contribution in [3.05, 3.63) is 28.3 Å². The standard InChI is InChI=1S/C12H17N3O5S/c13-9-4-5-11(15(16)17)12(7-9)21(18,19)14-8-10-3-1-2-6-20-10/h4-5,7,10,14H,1-3,6,8,13H2. The quantitative estimate of drug-likeness (QED) is 0.475. The summed E-state index contributed by atoms with van der Waals surface area (Å²) in [5.74, 6) is 0. The van der Waals surface area contributed by atoms with E-state index in [1.165, 1.54) is 6.07 Å². The highest BCUT2D eigenvalue weighted by Crippen LogP contribution is 2.26. The lowest BCUT2D eigenvalue weighted by molar-refractivity contribution is -0.387. The van der Waals surface area contributed by atoms with Crippen LogP contribution in [0.3, 0.4) is 0 Å². The average molecular weight is 315 g/mol. The number of anilines is 1. The fraction of sp³-hybridized carbons (Fsp3) is 0.500. The Kier molecular flexibility index (Phi) is 4.76. The predicted octanol–water partition coefficient (Wildman–Crippen LogP) is 1.02. The third-order valence-electron chi connectivity index (χ3n) is 3.25. The zero-order valence-corrected chi connectivity index (χ0v) is 12.1. The number of benzene rings is 1. The lowest BCUT2D eigenvalue weighted by atomic mass is 10.1. The summed E-state index contributed by atoms with van der Waals surface area (Å²) in [5.41, 5.74) is 5.17. The number of nitrogens with zero attached hydrogens (tertiary/aromatic N) is 1. The van der Waals surface area contributed by atoms with E-state index in [4.69, 9.17) is 10.5 Å². The molecule has 1 aromatic carbocycles. The van der Waals surface area contributed by atoms with Crippen LogP contribution in [0.1, 0.15) is 19.3 Å². The fourth-order valence-electron chi connectivity index (χ4n) is 2.15. The number of nitrogens with two attached hydrogens (primary N) is 1. The topological polar surface area (TPSA) is 125 Å². The predicted molar refractivity (Wildman–Crippen MR) is 76.3 cm³/mol. The van der Waals surface area contributed by atoms with Gasteiger partial charge in [-0.25, -0.2) is 13.1 Å². The molecule has 0 radical (unpaired) electrons. The molecule has 21 heavy (non-hydrogen) atoms. The average Bonchev–Trinajstić information content (AvgIpc) is 2.46. The first-order chi connectivity index (χ1) is 9.90. The summed E-state index contributed by atoms with van der Waals surface area (Å²) in [6.45, 7) is 0.694. The highest BCUT2D eigenvalue weighted by atomic mass is 32.2. The molecule has 1 unspecified atom stereocenters. The van der Waals surface area contributed by atoms with E-state index < -0.39 is 25.5 Å². The van der Waals surface area contributed by atoms with Crippen molar-refractivity contribution in [2.75, 3.05) is 18.9 Å². The maximum Gasteiger partial charge on any atom is 0.289 e. The monoisotopic (exact) mass is 315 g/mol. The van der Waals surface area contributed by atoms with Gasteiger partial charge in [-0.05, 0) is 31.4 Å². The lowest BCUT2D eigenvalue weighted by Gasteiger charge is -2.22. The molecule has 1 heterocycles. The molecule has 1 saturated heterocycles. The maximum atomic E-state index is 12.2. The van der Waals surface area contributed by atoms with Gasteiger partial charge in [0.1, 0.15) is 0 Å². The van der Waals surface area contributed by atoms with Gasteiger partial charge >= 0.3 is 0 Å². The van der Waals surface area contributed by atoms with E-state index in [1.54, 1.807) is 0 Å². The second-order valence-electron chi connectivity index (χ2n) is 4.82. The minimum Gasteiger partial charge on any atom is -0.399 e. The molecular weight excluding hydrogens is 298 g/mol. The molecule has 0 bridgehead atoms. The van der Waals surface area contributed by atoms with Gasteiger partial charge in [-0.1, -0.05) is 0 Å². The van der Waals surface area contributed by atoms with E-state index in [2.05, 4.69) is 4.72 Å². The molecule has 0 amide bonds. The molecule has 2 rings (SSSR count). The van der Waals surface area contributed by atoms with Gasteiger partial charge in [0.05, 0.1) is 11.0 Å². The van der Waals surface area contributed by atoms with Gasteiger partial charge in [0.2, 0.25) is 10.0 Å². The van der Waals surface area contributed by atoms with Gasteiger partial charge in [0.25, 0.3) is 5.69 Å². The van der Waals surface area contributed by atoms with Crippen LogP contribution in [-0.2, 0) is 14.8 Å². The molecule has 0 spiro atoms. The Hall–Kier alpha value is -1.71. The maximum absolute atomic E-state index is 12.2. The third-order valence-corrected chi connectivity index (χ3v) is 4.70. The Labute approximate surface area is 122 Å². The van der Waals surface area contributed by atoms with Crippen molar-refractivity contribution in [2.45, 2.75) is 30.3 Å². The van der Waals surface area contributed by atoms with Crippen LogP contribution in [0.2, 0.25) is 0 Å². The lowest BCUT2D eigenvalue weighted by Crippen LogP contribution is -2.35. The summed E-state index contributed by atoms with van der Waals surface area (Å²) in [6, 6.07) is 3.46. The summed E-state index contributed by atoms with van der Waals surface area (Å²) in [5, 5.41) is 10.9. The molecule has 116 valence electrons. The van der Waals surface area contributed by atoms with Gasteiger partial charge in [-0.2, -0.15) is 0 Å². The van der Waals surface area contributed by atoms with E-state index >= 15 is 0 Å². The Balaban J connectivity index is 2.18. The molecule has 1 aliphatic rings. The Morgan fingerprint density at radius 2 is 2.19 bits per heavy atom. The number of nitrogens with one attached hydrogen (secondary N) is 1. The summed E-state index contributed by atoms with van der Waals surface area (Å²) in [7, 11) is -4.01. The number of ether oxygens (including phenoxy) is 1. The molecule has 0 aromatic heterocycles. The number of rotatable bonds is 5. The molecular formula is C12H17N3O5S. The van der Waals surface area contributed by atoms with Crippen LogP contribution in [0.25, 0.3) is 0 Å². The van der Waals surface area contributed by atoms with Gasteiger partial charge in [0, 0.05) is 24.9 Å². The Morgan fingerprint density at radius 3 is 2.81 bits per heavy atom. The van der Waals surface area contributed by atoms with E-state index in [1.807, 2.05) is 0 Å². The van der Waals surface area contributed by atoms with Crippen LogP contribution in [-0.4, -0.2) is 32.6 Å². The summed E-state index contributed by atoms with van der Waals surface area (Å²) < 4.78 is 32.2. The largest absolute Gasteiger partial charge is 0.399 e. The molecule has 9 heteroatoms. The van der Waals surface area contributed by atoms with Gasteiger partial charge < -0.3 is 10.5 Å². The molecule has 0 aliphatic carbocycles. The number of nitro groups is 1. The van der Waals surface area contributed by atoms with Gasteiger partial charge in [0.15, 0.2) is 4.90 Å². The van der Waals surface area contributed by atoms with Gasteiger partial charge in [-0.3, -0.25) is 10.1 Å². The Bertz CT molecular complexity index is 626. The number of hydrogen-bond donors (Lipinski definition) is 2. The highest BCUT2D eigenvalue weighted by molar-refractivity contribution is 7.89. The summed E-state index contributed by atoms with van der Waals surface area (Å²) >= 11 is 0. The Morgan fingerprint density at radius 1 is 1.43 bits per heavy atom. The zero-order chi connectivity index (χ0) is 15.5. The van der Waals surface area contributed by atoms with Crippen LogP contribution in [0, 0.1) is 10.1 Å². The molecule has 1 atom stereocenters. The zero-order valence-electron chi connectivity index (χ0n) is 11.3. The second-order valence-corrected chi connectivity index (χ2v) is 6.56. The van der Waals surface area contributed by atoms with Gasteiger partial charge in [-0.15, -0.1) is 0 Å². The highest BCUT2D eigenvalue weighted by Gasteiger charge is 2.27. The van der Waals surface area contributed by atoms with Crippen molar-refractivity contribution in [1.29, 1.82) is 0 Å². The number of nitro benzene ring substituents is 1. The fourth-order valence-corrected chi connectivity index (χ4v) is 3.42. The van der Waals surface area contributed by atoms with Crippen LogP contribution in [0.15, 0.2) is 23.1 Å². The van der Waals surface area contributed by atoms with Crippen molar-refractivity contribution < 1.29 is 18.1 Å². The minimum absolute atomic E-state index is 0.0916.